The Kier molecular flexibility index (Phi) is 5.64. The minimum atomic E-state index is 0.0476. The molecule has 1 atom stereocenters. The van der Waals surface area contributed by atoms with Crippen molar-refractivity contribution in [3.63, 3.8) is 0 Å². The molecular weight excluding hydrogens is 312 g/mol. The van der Waals surface area contributed by atoms with E-state index in [2.05, 4.69) is 27.7 Å². The van der Waals surface area contributed by atoms with E-state index in [1.54, 1.807) is 11.3 Å². The van der Waals surface area contributed by atoms with Crippen LogP contribution < -0.4 is 5.32 Å². The maximum Gasteiger partial charge on any atom is 0.261 e. The minimum absolute atomic E-state index is 0.0476. The molecule has 1 amide bonds. The first-order chi connectivity index (χ1) is 10.8. The van der Waals surface area contributed by atoms with Gasteiger partial charge in [-0.1, -0.05) is 25.0 Å². The van der Waals surface area contributed by atoms with Crippen molar-refractivity contribution < 1.29 is 4.79 Å². The second-order valence-corrected chi connectivity index (χ2v) is 7.60. The third-order valence-electron chi connectivity index (χ3n) is 4.15. The number of hydrogen-bond donors (Lipinski definition) is 1. The predicted molar refractivity (Wildman–Crippen MR) is 93.8 cm³/mol. The third-order valence-corrected chi connectivity index (χ3v) is 6.00. The van der Waals surface area contributed by atoms with Gasteiger partial charge in [0.1, 0.15) is 0 Å². The molecule has 0 aliphatic carbocycles. The largest absolute Gasteiger partial charge is 0.349 e. The normalized spacial score (nSPS) is 17.8. The number of carbonyl (C=O) groups is 1. The zero-order valence-electron chi connectivity index (χ0n) is 12.7. The molecule has 2 aromatic rings. The number of likely N-dealkylation sites (tertiary alicyclic amines) is 1. The number of nitrogens with zero attached hydrogens (tertiary/aromatic N) is 1. The molecule has 5 heteroatoms. The minimum Gasteiger partial charge on any atom is -0.349 e. The average Bonchev–Trinajstić information content (AvgIpc) is 3.18. The lowest BCUT2D eigenvalue weighted by molar-refractivity contribution is 0.0938. The van der Waals surface area contributed by atoms with Crippen molar-refractivity contribution in [3.05, 3.63) is 44.8 Å². The van der Waals surface area contributed by atoms with Crippen molar-refractivity contribution in [3.8, 4) is 0 Å². The second-order valence-electron chi connectivity index (χ2n) is 5.67. The number of nitrogens with one attached hydrogen (secondary N) is 1. The van der Waals surface area contributed by atoms with Crippen LogP contribution in [0.25, 0.3) is 0 Å². The van der Waals surface area contributed by atoms with Crippen LogP contribution in [0.15, 0.2) is 35.0 Å². The van der Waals surface area contributed by atoms with Gasteiger partial charge in [-0.05, 0) is 48.8 Å². The molecule has 0 radical (unpaired) electrons. The molecule has 3 rings (SSSR count). The van der Waals surface area contributed by atoms with Crippen LogP contribution in [0.4, 0.5) is 0 Å². The van der Waals surface area contributed by atoms with Gasteiger partial charge >= 0.3 is 0 Å². The van der Waals surface area contributed by atoms with Gasteiger partial charge in [0.05, 0.1) is 10.9 Å². The van der Waals surface area contributed by atoms with E-state index in [0.717, 1.165) is 18.0 Å². The molecule has 118 valence electrons. The van der Waals surface area contributed by atoms with Crippen molar-refractivity contribution in [2.24, 2.45) is 0 Å². The number of carbonyl (C=O) groups excluding carboxylic acids is 1. The lowest BCUT2D eigenvalue weighted by Crippen LogP contribution is -2.38. The van der Waals surface area contributed by atoms with Gasteiger partial charge < -0.3 is 5.32 Å². The Bertz CT molecular complexity index is 558. The molecule has 1 N–H and O–H groups in total. The smallest absolute Gasteiger partial charge is 0.261 e. The van der Waals surface area contributed by atoms with E-state index in [0.29, 0.717) is 12.6 Å². The maximum atomic E-state index is 12.2. The van der Waals surface area contributed by atoms with Crippen molar-refractivity contribution in [1.29, 1.82) is 0 Å². The predicted octanol–water partition coefficient (Wildman–Crippen LogP) is 4.16. The lowest BCUT2D eigenvalue weighted by Gasteiger charge is -2.30. The molecule has 1 aliphatic heterocycles. The standard InChI is InChI=1S/C17H22N2OS2/c20-17(16-8-6-12-22-16)18-13-14(15-7-5-11-21-15)19-9-3-1-2-4-10-19/h5-8,11-12,14H,1-4,9-10,13H2,(H,18,20)/t14-/m0/s1. The number of rotatable bonds is 5. The van der Waals surface area contributed by atoms with Gasteiger partial charge in [-0.3, -0.25) is 9.69 Å². The van der Waals surface area contributed by atoms with E-state index in [4.69, 9.17) is 0 Å². The Balaban J connectivity index is 1.67. The summed E-state index contributed by atoms with van der Waals surface area (Å²) in [6.45, 7) is 2.96. The van der Waals surface area contributed by atoms with Gasteiger partial charge in [-0.25, -0.2) is 0 Å². The summed E-state index contributed by atoms with van der Waals surface area (Å²) in [5, 5.41) is 7.20. The molecule has 0 bridgehead atoms. The summed E-state index contributed by atoms with van der Waals surface area (Å²) < 4.78 is 0. The molecular formula is C17H22N2OS2. The van der Waals surface area contributed by atoms with Crippen LogP contribution in [0.1, 0.15) is 46.3 Å². The molecule has 22 heavy (non-hydrogen) atoms. The topological polar surface area (TPSA) is 32.3 Å². The van der Waals surface area contributed by atoms with Crippen LogP contribution in [0, 0.1) is 0 Å². The lowest BCUT2D eigenvalue weighted by atomic mass is 10.2. The average molecular weight is 335 g/mol. The first-order valence-corrected chi connectivity index (χ1v) is 9.69. The van der Waals surface area contributed by atoms with Crippen LogP contribution in [-0.4, -0.2) is 30.4 Å². The summed E-state index contributed by atoms with van der Waals surface area (Å²) in [4.78, 5) is 16.9. The zero-order chi connectivity index (χ0) is 15.2. The number of amides is 1. The Hall–Kier alpha value is -1.17. The highest BCUT2D eigenvalue weighted by Crippen LogP contribution is 2.27. The molecule has 3 heterocycles. The maximum absolute atomic E-state index is 12.2. The fourth-order valence-corrected chi connectivity index (χ4v) is 4.48. The summed E-state index contributed by atoms with van der Waals surface area (Å²) >= 11 is 3.29. The fourth-order valence-electron chi connectivity index (χ4n) is 2.98. The van der Waals surface area contributed by atoms with Crippen LogP contribution in [0.2, 0.25) is 0 Å². The van der Waals surface area contributed by atoms with Gasteiger partial charge in [0.25, 0.3) is 5.91 Å². The van der Waals surface area contributed by atoms with Crippen molar-refractivity contribution >= 4 is 28.6 Å². The summed E-state index contributed by atoms with van der Waals surface area (Å²) in [6.07, 6.45) is 5.19. The SMILES string of the molecule is O=C(NC[C@@H](c1cccs1)N1CCCCCC1)c1cccs1. The highest BCUT2D eigenvalue weighted by Gasteiger charge is 2.23. The number of hydrogen-bond acceptors (Lipinski definition) is 4. The number of thiophene rings is 2. The summed E-state index contributed by atoms with van der Waals surface area (Å²) in [5.41, 5.74) is 0. The van der Waals surface area contributed by atoms with E-state index in [-0.39, 0.29) is 5.91 Å². The van der Waals surface area contributed by atoms with Gasteiger partial charge in [0, 0.05) is 11.4 Å². The van der Waals surface area contributed by atoms with Gasteiger partial charge in [-0.15, -0.1) is 22.7 Å². The summed E-state index contributed by atoms with van der Waals surface area (Å²) in [7, 11) is 0. The Labute approximate surface area is 140 Å². The van der Waals surface area contributed by atoms with Crippen molar-refractivity contribution in [2.45, 2.75) is 31.7 Å². The molecule has 0 spiro atoms. The highest BCUT2D eigenvalue weighted by atomic mass is 32.1. The zero-order valence-corrected chi connectivity index (χ0v) is 14.3. The van der Waals surface area contributed by atoms with Crippen LogP contribution >= 0.6 is 22.7 Å². The van der Waals surface area contributed by atoms with Crippen molar-refractivity contribution in [2.75, 3.05) is 19.6 Å². The quantitative estimate of drug-likeness (QED) is 0.890. The van der Waals surface area contributed by atoms with Crippen molar-refractivity contribution in [1.82, 2.24) is 10.2 Å². The Morgan fingerprint density at radius 1 is 1.09 bits per heavy atom. The molecule has 0 unspecified atom stereocenters. The second kappa shape index (κ2) is 7.90. The monoisotopic (exact) mass is 334 g/mol. The molecule has 2 aromatic heterocycles. The molecule has 1 fully saturated rings. The van der Waals surface area contributed by atoms with Gasteiger partial charge in [0.2, 0.25) is 0 Å². The van der Waals surface area contributed by atoms with E-state index in [1.165, 1.54) is 41.9 Å². The fraction of sp³-hybridized carbons (Fsp3) is 0.471. The molecule has 0 aromatic carbocycles. The third kappa shape index (κ3) is 3.97. The Morgan fingerprint density at radius 3 is 2.45 bits per heavy atom. The van der Waals surface area contributed by atoms with Crippen LogP contribution in [0.3, 0.4) is 0 Å². The van der Waals surface area contributed by atoms with E-state index in [1.807, 2.05) is 17.5 Å². The summed E-state index contributed by atoms with van der Waals surface area (Å²) in [5.74, 6) is 0.0476. The van der Waals surface area contributed by atoms with E-state index < -0.39 is 0 Å². The summed E-state index contributed by atoms with van der Waals surface area (Å²) in [6, 6.07) is 8.41. The van der Waals surface area contributed by atoms with Gasteiger partial charge in [0.15, 0.2) is 0 Å². The van der Waals surface area contributed by atoms with Crippen LogP contribution in [0.5, 0.6) is 0 Å². The molecule has 3 nitrogen and oxygen atoms in total. The molecule has 1 saturated heterocycles. The first-order valence-electron chi connectivity index (χ1n) is 7.94. The molecule has 0 saturated carbocycles. The Morgan fingerprint density at radius 2 is 1.82 bits per heavy atom. The van der Waals surface area contributed by atoms with E-state index >= 15 is 0 Å². The van der Waals surface area contributed by atoms with E-state index in [9.17, 15) is 4.79 Å². The highest BCUT2D eigenvalue weighted by molar-refractivity contribution is 7.12. The van der Waals surface area contributed by atoms with Crippen LogP contribution in [-0.2, 0) is 0 Å². The first kappa shape index (κ1) is 15.7. The van der Waals surface area contributed by atoms with Gasteiger partial charge in [-0.2, -0.15) is 0 Å². The molecule has 1 aliphatic rings.